The van der Waals surface area contributed by atoms with E-state index in [-0.39, 0.29) is 5.91 Å². The Balaban J connectivity index is 0.000000189. The van der Waals surface area contributed by atoms with Gasteiger partial charge in [0.2, 0.25) is 11.8 Å². The molecule has 0 aliphatic carbocycles. The molecule has 184 valence electrons. The van der Waals surface area contributed by atoms with E-state index in [1.165, 1.54) is 31.0 Å². The van der Waals surface area contributed by atoms with Crippen LogP contribution in [0.15, 0.2) is 46.6 Å². The smallest absolute Gasteiger partial charge is 0.235 e. The SMILES string of the molecule is COc1ccc2nccc([C@H](CN3CCCCC3)N=O)c2n1.NCc1ccc2c(n1)NC(=O)CS2. The second kappa shape index (κ2) is 12.0. The quantitative estimate of drug-likeness (QED) is 0.492. The van der Waals surface area contributed by atoms with Crippen molar-refractivity contribution in [3.63, 3.8) is 0 Å². The second-order valence-corrected chi connectivity index (χ2v) is 9.31. The average molecular weight is 496 g/mol. The minimum Gasteiger partial charge on any atom is -0.481 e. The molecular formula is C24H29N7O3S. The van der Waals surface area contributed by atoms with E-state index in [9.17, 15) is 9.70 Å². The third-order valence-corrected chi connectivity index (χ3v) is 6.95. The minimum absolute atomic E-state index is 0.000767. The fourth-order valence-corrected chi connectivity index (χ4v) is 4.86. The molecule has 1 fully saturated rings. The van der Waals surface area contributed by atoms with Gasteiger partial charge >= 0.3 is 0 Å². The van der Waals surface area contributed by atoms with E-state index >= 15 is 0 Å². The molecule has 5 heterocycles. The molecule has 1 amide bonds. The molecule has 35 heavy (non-hydrogen) atoms. The topological polar surface area (TPSA) is 136 Å². The number of nitrogens with one attached hydrogen (secondary N) is 1. The summed E-state index contributed by atoms with van der Waals surface area (Å²) in [4.78, 5) is 38.7. The number of pyridine rings is 3. The number of amides is 1. The summed E-state index contributed by atoms with van der Waals surface area (Å²) in [6.07, 6.45) is 5.36. The molecule has 2 aliphatic rings. The zero-order chi connectivity index (χ0) is 24.6. The number of hydrogen-bond acceptors (Lipinski definition) is 10. The summed E-state index contributed by atoms with van der Waals surface area (Å²) in [6, 6.07) is 8.85. The van der Waals surface area contributed by atoms with E-state index in [1.54, 1.807) is 19.4 Å². The Kier molecular flexibility index (Phi) is 8.56. The van der Waals surface area contributed by atoms with Gasteiger partial charge in [-0.25, -0.2) is 9.97 Å². The van der Waals surface area contributed by atoms with Crippen molar-refractivity contribution in [2.75, 3.05) is 37.8 Å². The molecule has 0 aromatic carbocycles. The summed E-state index contributed by atoms with van der Waals surface area (Å²) < 4.78 is 5.18. The number of nitrogens with two attached hydrogens (primary N) is 1. The van der Waals surface area contributed by atoms with Crippen molar-refractivity contribution in [3.8, 4) is 5.88 Å². The maximum absolute atomic E-state index is 11.4. The maximum Gasteiger partial charge on any atom is 0.235 e. The summed E-state index contributed by atoms with van der Waals surface area (Å²) in [7, 11) is 1.58. The highest BCUT2D eigenvalue weighted by molar-refractivity contribution is 8.00. The molecule has 10 nitrogen and oxygen atoms in total. The van der Waals surface area contributed by atoms with Crippen molar-refractivity contribution in [1.29, 1.82) is 0 Å². The molecule has 11 heteroatoms. The summed E-state index contributed by atoms with van der Waals surface area (Å²) in [6.45, 7) is 3.10. The Morgan fingerprint density at radius 2 is 2.00 bits per heavy atom. The summed E-state index contributed by atoms with van der Waals surface area (Å²) in [5.74, 6) is 1.63. The van der Waals surface area contributed by atoms with Crippen molar-refractivity contribution < 1.29 is 9.53 Å². The second-order valence-electron chi connectivity index (χ2n) is 8.29. The number of anilines is 1. The van der Waals surface area contributed by atoms with Gasteiger partial charge in [0.05, 0.1) is 34.5 Å². The molecule has 3 aromatic heterocycles. The average Bonchev–Trinajstić information content (AvgIpc) is 2.91. The van der Waals surface area contributed by atoms with E-state index < -0.39 is 6.04 Å². The Morgan fingerprint density at radius 1 is 1.17 bits per heavy atom. The molecule has 0 unspecified atom stereocenters. The van der Waals surface area contributed by atoms with Crippen molar-refractivity contribution in [3.05, 3.63) is 52.7 Å². The number of rotatable bonds is 6. The third-order valence-electron chi connectivity index (χ3n) is 5.91. The molecule has 1 atom stereocenters. The molecular weight excluding hydrogens is 466 g/mol. The summed E-state index contributed by atoms with van der Waals surface area (Å²) in [5, 5.41) is 6.07. The monoisotopic (exact) mass is 495 g/mol. The van der Waals surface area contributed by atoms with Gasteiger partial charge in [-0.3, -0.25) is 9.78 Å². The highest BCUT2D eigenvalue weighted by Gasteiger charge is 2.21. The zero-order valence-electron chi connectivity index (χ0n) is 19.6. The Morgan fingerprint density at radius 3 is 2.74 bits per heavy atom. The van der Waals surface area contributed by atoms with Crippen LogP contribution < -0.4 is 15.8 Å². The number of hydrogen-bond donors (Lipinski definition) is 2. The van der Waals surface area contributed by atoms with Crippen LogP contribution in [-0.4, -0.2) is 58.3 Å². The fraction of sp³-hybridized carbons (Fsp3) is 0.417. The standard InChI is InChI=1S/C16H20N4O2.C8H9N3OS/c1-22-15-6-5-13-16(18-15)12(7-8-17-13)14(19-21)11-20-9-3-2-4-10-20;9-3-5-1-2-6-8(10-5)11-7(12)4-13-6/h5-8,14H,2-4,9-11H2,1H3;1-2H,3-4,9H2,(H,10,11,12)/t14-;/m0./s1. The number of nitroso groups, excluding NO2 is 1. The first-order valence-electron chi connectivity index (χ1n) is 11.6. The number of nitrogens with zero attached hydrogens (tertiary/aromatic N) is 5. The minimum atomic E-state index is -0.428. The van der Waals surface area contributed by atoms with Gasteiger partial charge in [0.25, 0.3) is 0 Å². The van der Waals surface area contributed by atoms with Crippen LogP contribution in [0.25, 0.3) is 11.0 Å². The number of likely N-dealkylation sites (tertiary alicyclic amines) is 1. The van der Waals surface area contributed by atoms with E-state index in [4.69, 9.17) is 10.5 Å². The molecule has 0 bridgehead atoms. The van der Waals surface area contributed by atoms with Crippen LogP contribution >= 0.6 is 11.8 Å². The van der Waals surface area contributed by atoms with Crippen LogP contribution in [0.3, 0.4) is 0 Å². The zero-order valence-corrected chi connectivity index (χ0v) is 20.5. The molecule has 1 saturated heterocycles. The number of aromatic nitrogens is 3. The normalized spacial score (nSPS) is 16.5. The number of carbonyl (C=O) groups excluding carboxylic acids is 1. The van der Waals surface area contributed by atoms with E-state index in [0.717, 1.165) is 34.8 Å². The third kappa shape index (κ3) is 6.30. The van der Waals surface area contributed by atoms with Crippen molar-refractivity contribution in [2.45, 2.75) is 36.7 Å². The largest absolute Gasteiger partial charge is 0.481 e. The molecule has 2 aliphatic heterocycles. The summed E-state index contributed by atoms with van der Waals surface area (Å²) >= 11 is 1.50. The van der Waals surface area contributed by atoms with Gasteiger partial charge in [0.1, 0.15) is 11.9 Å². The number of ether oxygens (including phenoxy) is 1. The van der Waals surface area contributed by atoms with Crippen LogP contribution in [0.4, 0.5) is 5.82 Å². The van der Waals surface area contributed by atoms with Gasteiger partial charge in [-0.05, 0) is 50.2 Å². The van der Waals surface area contributed by atoms with Crippen molar-refractivity contribution >= 4 is 34.5 Å². The number of fused-ring (bicyclic) bond motifs is 2. The number of carbonyl (C=O) groups is 1. The van der Waals surface area contributed by atoms with Gasteiger partial charge < -0.3 is 20.7 Å². The van der Waals surface area contributed by atoms with Crippen LogP contribution in [0.2, 0.25) is 0 Å². The van der Waals surface area contributed by atoms with Crippen LogP contribution in [-0.2, 0) is 11.3 Å². The number of thioether (sulfide) groups is 1. The molecule has 0 spiro atoms. The van der Waals surface area contributed by atoms with Crippen LogP contribution in [0.5, 0.6) is 5.88 Å². The first-order valence-corrected chi connectivity index (χ1v) is 12.6. The predicted octanol–water partition coefficient (Wildman–Crippen LogP) is 3.52. The lowest BCUT2D eigenvalue weighted by molar-refractivity contribution is -0.113. The van der Waals surface area contributed by atoms with Gasteiger partial charge in [-0.1, -0.05) is 11.6 Å². The van der Waals surface area contributed by atoms with Gasteiger partial charge in [-0.2, -0.15) is 4.91 Å². The molecule has 0 radical (unpaired) electrons. The first-order chi connectivity index (χ1) is 17.1. The van der Waals surface area contributed by atoms with Crippen molar-refractivity contribution in [2.24, 2.45) is 10.9 Å². The fourth-order valence-electron chi connectivity index (χ4n) is 4.10. The molecule has 0 saturated carbocycles. The van der Waals surface area contributed by atoms with Gasteiger partial charge in [0.15, 0.2) is 0 Å². The molecule has 3 N–H and O–H groups in total. The lowest BCUT2D eigenvalue weighted by atomic mass is 10.0. The summed E-state index contributed by atoms with van der Waals surface area (Å²) in [5.41, 5.74) is 8.51. The van der Waals surface area contributed by atoms with Crippen LogP contribution in [0.1, 0.15) is 36.6 Å². The van der Waals surface area contributed by atoms with E-state index in [0.29, 0.717) is 36.1 Å². The highest BCUT2D eigenvalue weighted by Crippen LogP contribution is 2.29. The lowest BCUT2D eigenvalue weighted by Crippen LogP contribution is -2.33. The molecule has 3 aromatic rings. The Labute approximate surface area is 208 Å². The van der Waals surface area contributed by atoms with Gasteiger partial charge in [-0.15, -0.1) is 11.8 Å². The van der Waals surface area contributed by atoms with E-state index in [2.05, 4.69) is 30.3 Å². The highest BCUT2D eigenvalue weighted by atomic mass is 32.2. The predicted molar refractivity (Wildman–Crippen MR) is 136 cm³/mol. The molecule has 5 rings (SSSR count). The number of methoxy groups -OCH3 is 1. The van der Waals surface area contributed by atoms with E-state index in [1.807, 2.05) is 24.3 Å². The number of piperidine rings is 1. The Bertz CT molecular complexity index is 1190. The first kappa shape index (κ1) is 25.0. The van der Waals surface area contributed by atoms with Crippen LogP contribution in [0, 0.1) is 4.91 Å². The Hall–Kier alpha value is -3.15. The van der Waals surface area contributed by atoms with Crippen molar-refractivity contribution in [1.82, 2.24) is 19.9 Å². The van der Waals surface area contributed by atoms with Gasteiger partial charge in [0, 0.05) is 30.9 Å². The lowest BCUT2D eigenvalue weighted by Gasteiger charge is -2.28. The maximum atomic E-state index is 11.4.